The van der Waals surface area contributed by atoms with E-state index in [-0.39, 0.29) is 11.3 Å². The minimum absolute atomic E-state index is 0.270. The summed E-state index contributed by atoms with van der Waals surface area (Å²) in [5.74, 6) is 0.270. The molecule has 20 heavy (non-hydrogen) atoms. The molecule has 0 aliphatic carbocycles. The number of benzene rings is 1. The third-order valence-corrected chi connectivity index (χ3v) is 3.66. The third-order valence-electron chi connectivity index (χ3n) is 3.22. The van der Waals surface area contributed by atoms with Gasteiger partial charge >= 0.3 is 0 Å². The van der Waals surface area contributed by atoms with Crippen molar-refractivity contribution in [3.8, 4) is 0 Å². The standard InChI is InChI=1S/C14H21Cl2N3O/c1-14(2,13(17)19-20)5-3-4-6-18-12-8-10(15)7-11(16)9-12/h7-9,18,20H,3-6H2,1-2H3,(H2,17,19). The lowest BCUT2D eigenvalue weighted by Gasteiger charge is -2.22. The molecule has 0 spiro atoms. The van der Waals surface area contributed by atoms with E-state index in [1.165, 1.54) is 0 Å². The minimum Gasteiger partial charge on any atom is -0.409 e. The Balaban J connectivity index is 2.32. The summed E-state index contributed by atoms with van der Waals surface area (Å²) in [6.45, 7) is 4.75. The fraction of sp³-hybridized carbons (Fsp3) is 0.500. The molecular formula is C14H21Cl2N3O. The van der Waals surface area contributed by atoms with Crippen molar-refractivity contribution in [2.24, 2.45) is 16.3 Å². The van der Waals surface area contributed by atoms with E-state index in [4.69, 9.17) is 34.1 Å². The van der Waals surface area contributed by atoms with Crippen LogP contribution in [0.1, 0.15) is 33.1 Å². The van der Waals surface area contributed by atoms with Gasteiger partial charge in [0.25, 0.3) is 0 Å². The van der Waals surface area contributed by atoms with Crippen molar-refractivity contribution in [1.29, 1.82) is 0 Å². The molecule has 0 radical (unpaired) electrons. The molecule has 0 aromatic heterocycles. The first-order valence-electron chi connectivity index (χ1n) is 6.53. The van der Waals surface area contributed by atoms with E-state index in [1.54, 1.807) is 6.07 Å². The van der Waals surface area contributed by atoms with E-state index in [0.717, 1.165) is 31.5 Å². The number of amidine groups is 1. The van der Waals surface area contributed by atoms with Crippen molar-refractivity contribution < 1.29 is 5.21 Å². The lowest BCUT2D eigenvalue weighted by Crippen LogP contribution is -2.31. The van der Waals surface area contributed by atoms with Gasteiger partial charge in [-0.1, -0.05) is 48.6 Å². The summed E-state index contributed by atoms with van der Waals surface area (Å²) in [6, 6.07) is 5.38. The van der Waals surface area contributed by atoms with Crippen molar-refractivity contribution in [1.82, 2.24) is 0 Å². The van der Waals surface area contributed by atoms with Crippen LogP contribution >= 0.6 is 23.2 Å². The molecule has 0 atom stereocenters. The minimum atomic E-state index is -0.284. The van der Waals surface area contributed by atoms with Gasteiger partial charge in [-0.3, -0.25) is 0 Å². The van der Waals surface area contributed by atoms with Crippen molar-refractivity contribution in [2.45, 2.75) is 33.1 Å². The predicted octanol–water partition coefficient (Wildman–Crippen LogP) is 4.35. The molecule has 0 saturated heterocycles. The second-order valence-corrected chi connectivity index (χ2v) is 6.28. The predicted molar refractivity (Wildman–Crippen MR) is 86.0 cm³/mol. The quantitative estimate of drug-likeness (QED) is 0.230. The summed E-state index contributed by atoms with van der Waals surface area (Å²) in [6.07, 6.45) is 2.82. The zero-order chi connectivity index (χ0) is 15.2. The molecule has 112 valence electrons. The van der Waals surface area contributed by atoms with Crippen LogP contribution in [-0.2, 0) is 0 Å². The maximum atomic E-state index is 8.70. The van der Waals surface area contributed by atoms with Gasteiger partial charge in [-0.15, -0.1) is 0 Å². The number of halogens is 2. The van der Waals surface area contributed by atoms with Crippen LogP contribution in [0, 0.1) is 5.41 Å². The molecule has 0 heterocycles. The van der Waals surface area contributed by atoms with E-state index >= 15 is 0 Å². The summed E-state index contributed by atoms with van der Waals surface area (Å²) in [7, 11) is 0. The Morgan fingerprint density at radius 3 is 2.40 bits per heavy atom. The second-order valence-electron chi connectivity index (χ2n) is 5.41. The van der Waals surface area contributed by atoms with Gasteiger partial charge in [0.15, 0.2) is 0 Å². The molecule has 1 rings (SSSR count). The van der Waals surface area contributed by atoms with E-state index < -0.39 is 0 Å². The van der Waals surface area contributed by atoms with Crippen LogP contribution in [0.15, 0.2) is 23.4 Å². The molecule has 0 bridgehead atoms. The SMILES string of the molecule is CC(C)(CCCCNc1cc(Cl)cc(Cl)c1)/C(N)=N/O. The van der Waals surface area contributed by atoms with Crippen LogP contribution in [-0.4, -0.2) is 17.6 Å². The normalized spacial score (nSPS) is 12.5. The van der Waals surface area contributed by atoms with Crippen LogP contribution < -0.4 is 11.1 Å². The second kappa shape index (κ2) is 7.60. The topological polar surface area (TPSA) is 70.6 Å². The Morgan fingerprint density at radius 2 is 1.85 bits per heavy atom. The van der Waals surface area contributed by atoms with E-state index in [2.05, 4.69) is 10.5 Å². The summed E-state index contributed by atoms with van der Waals surface area (Å²) in [5, 5.41) is 16.3. The highest BCUT2D eigenvalue weighted by atomic mass is 35.5. The van der Waals surface area contributed by atoms with Crippen molar-refractivity contribution in [3.63, 3.8) is 0 Å². The number of nitrogens with one attached hydrogen (secondary N) is 1. The summed E-state index contributed by atoms with van der Waals surface area (Å²) >= 11 is 11.9. The molecule has 4 N–H and O–H groups in total. The third kappa shape index (κ3) is 5.47. The summed E-state index contributed by atoms with van der Waals surface area (Å²) < 4.78 is 0. The first-order chi connectivity index (χ1) is 9.35. The van der Waals surface area contributed by atoms with Gasteiger partial charge in [-0.05, 0) is 31.0 Å². The van der Waals surface area contributed by atoms with Gasteiger partial charge in [-0.25, -0.2) is 0 Å². The molecule has 6 heteroatoms. The number of anilines is 1. The first kappa shape index (κ1) is 16.9. The molecule has 0 aliphatic heterocycles. The fourth-order valence-corrected chi connectivity index (χ4v) is 2.37. The molecule has 0 saturated carbocycles. The van der Waals surface area contributed by atoms with E-state index in [9.17, 15) is 0 Å². The molecule has 0 amide bonds. The van der Waals surface area contributed by atoms with Crippen LogP contribution in [0.4, 0.5) is 5.69 Å². The highest BCUT2D eigenvalue weighted by molar-refractivity contribution is 6.35. The molecular weight excluding hydrogens is 297 g/mol. The number of oxime groups is 1. The van der Waals surface area contributed by atoms with E-state index in [0.29, 0.717) is 10.0 Å². The zero-order valence-corrected chi connectivity index (χ0v) is 13.3. The molecule has 1 aromatic rings. The highest BCUT2D eigenvalue weighted by Crippen LogP contribution is 2.24. The summed E-state index contributed by atoms with van der Waals surface area (Å²) in [4.78, 5) is 0. The van der Waals surface area contributed by atoms with Crippen LogP contribution in [0.3, 0.4) is 0 Å². The number of unbranched alkanes of at least 4 members (excludes halogenated alkanes) is 1. The largest absolute Gasteiger partial charge is 0.409 e. The van der Waals surface area contributed by atoms with E-state index in [1.807, 2.05) is 26.0 Å². The zero-order valence-electron chi connectivity index (χ0n) is 11.8. The van der Waals surface area contributed by atoms with Crippen molar-refractivity contribution in [2.75, 3.05) is 11.9 Å². The molecule has 4 nitrogen and oxygen atoms in total. The molecule has 0 fully saturated rings. The maximum absolute atomic E-state index is 8.70. The molecule has 0 aliphatic rings. The Hall–Kier alpha value is -1.13. The Labute approximate surface area is 129 Å². The monoisotopic (exact) mass is 317 g/mol. The van der Waals surface area contributed by atoms with Gasteiger partial charge < -0.3 is 16.3 Å². The van der Waals surface area contributed by atoms with Crippen molar-refractivity contribution in [3.05, 3.63) is 28.2 Å². The highest BCUT2D eigenvalue weighted by Gasteiger charge is 2.22. The number of nitrogens with zero attached hydrogens (tertiary/aromatic N) is 1. The maximum Gasteiger partial charge on any atom is 0.144 e. The molecule has 0 unspecified atom stereocenters. The van der Waals surface area contributed by atoms with Crippen LogP contribution in [0.25, 0.3) is 0 Å². The number of rotatable bonds is 7. The Kier molecular flexibility index (Phi) is 6.43. The van der Waals surface area contributed by atoms with Gasteiger partial charge in [0, 0.05) is 27.7 Å². The Morgan fingerprint density at radius 1 is 1.25 bits per heavy atom. The summed E-state index contributed by atoms with van der Waals surface area (Å²) in [5.41, 5.74) is 6.28. The first-order valence-corrected chi connectivity index (χ1v) is 7.29. The molecule has 1 aromatic carbocycles. The van der Waals surface area contributed by atoms with Gasteiger partial charge in [-0.2, -0.15) is 0 Å². The van der Waals surface area contributed by atoms with Crippen LogP contribution in [0.2, 0.25) is 10.0 Å². The number of nitrogens with two attached hydrogens (primary N) is 1. The average Bonchev–Trinajstić information content (AvgIpc) is 2.36. The van der Waals surface area contributed by atoms with Gasteiger partial charge in [0.2, 0.25) is 0 Å². The number of hydrogen-bond donors (Lipinski definition) is 3. The lowest BCUT2D eigenvalue weighted by molar-refractivity contribution is 0.304. The van der Waals surface area contributed by atoms with Gasteiger partial charge in [0.05, 0.1) is 0 Å². The lowest BCUT2D eigenvalue weighted by atomic mass is 9.86. The fourth-order valence-electron chi connectivity index (χ4n) is 1.84. The smallest absolute Gasteiger partial charge is 0.144 e. The number of hydrogen-bond acceptors (Lipinski definition) is 3. The van der Waals surface area contributed by atoms with Crippen molar-refractivity contribution >= 4 is 34.7 Å². The van der Waals surface area contributed by atoms with Gasteiger partial charge in [0.1, 0.15) is 5.84 Å². The van der Waals surface area contributed by atoms with Crippen LogP contribution in [0.5, 0.6) is 0 Å². The Bertz CT molecular complexity index is 455. The average molecular weight is 318 g/mol.